The summed E-state index contributed by atoms with van der Waals surface area (Å²) in [6.45, 7) is 5.02. The van der Waals surface area contributed by atoms with E-state index in [0.717, 1.165) is 12.3 Å². The van der Waals surface area contributed by atoms with Gasteiger partial charge in [-0.25, -0.2) is 0 Å². The van der Waals surface area contributed by atoms with Crippen molar-refractivity contribution < 1.29 is 4.74 Å². The van der Waals surface area contributed by atoms with Crippen molar-refractivity contribution in [3.8, 4) is 5.75 Å². The van der Waals surface area contributed by atoms with E-state index in [2.05, 4.69) is 16.9 Å². The SMILES string of the molecule is C=CCOc1cnccc1CNC1CC1. The molecule has 3 heteroatoms. The summed E-state index contributed by atoms with van der Waals surface area (Å²) in [6.07, 6.45) is 7.89. The van der Waals surface area contributed by atoms with Gasteiger partial charge in [0.05, 0.1) is 6.20 Å². The molecular formula is C12H16N2O. The second kappa shape index (κ2) is 4.94. The van der Waals surface area contributed by atoms with Crippen LogP contribution in [-0.4, -0.2) is 17.6 Å². The number of rotatable bonds is 6. The van der Waals surface area contributed by atoms with E-state index in [1.54, 1.807) is 18.5 Å². The lowest BCUT2D eigenvalue weighted by atomic mass is 10.2. The molecule has 0 bridgehead atoms. The van der Waals surface area contributed by atoms with Gasteiger partial charge in [-0.15, -0.1) is 0 Å². The normalized spacial score (nSPS) is 14.9. The van der Waals surface area contributed by atoms with Crippen molar-refractivity contribution in [2.24, 2.45) is 0 Å². The number of hydrogen-bond donors (Lipinski definition) is 1. The fourth-order valence-electron chi connectivity index (χ4n) is 1.38. The zero-order valence-corrected chi connectivity index (χ0v) is 8.78. The molecule has 3 nitrogen and oxygen atoms in total. The maximum atomic E-state index is 5.52. The minimum absolute atomic E-state index is 0.530. The highest BCUT2D eigenvalue weighted by atomic mass is 16.5. The summed E-state index contributed by atoms with van der Waals surface area (Å²) >= 11 is 0. The van der Waals surface area contributed by atoms with Crippen LogP contribution >= 0.6 is 0 Å². The lowest BCUT2D eigenvalue weighted by molar-refractivity contribution is 0.356. The molecule has 1 heterocycles. The van der Waals surface area contributed by atoms with Crippen LogP contribution in [0.3, 0.4) is 0 Å². The molecule has 0 atom stereocenters. The minimum atomic E-state index is 0.530. The van der Waals surface area contributed by atoms with Crippen LogP contribution in [0, 0.1) is 0 Å². The van der Waals surface area contributed by atoms with Crippen LogP contribution in [0.15, 0.2) is 31.1 Å². The Kier molecular flexibility index (Phi) is 3.35. The molecule has 1 saturated carbocycles. The van der Waals surface area contributed by atoms with E-state index in [9.17, 15) is 0 Å². The fourth-order valence-corrected chi connectivity index (χ4v) is 1.38. The third-order valence-corrected chi connectivity index (χ3v) is 2.39. The second-order valence-electron chi connectivity index (χ2n) is 3.74. The Balaban J connectivity index is 1.95. The number of aromatic nitrogens is 1. The number of nitrogens with zero attached hydrogens (tertiary/aromatic N) is 1. The topological polar surface area (TPSA) is 34.1 Å². The minimum Gasteiger partial charge on any atom is -0.488 e. The lowest BCUT2D eigenvalue weighted by Crippen LogP contribution is -2.16. The van der Waals surface area contributed by atoms with Gasteiger partial charge in [0.1, 0.15) is 12.4 Å². The molecule has 1 aromatic rings. The molecule has 2 rings (SSSR count). The fraction of sp³-hybridized carbons (Fsp3) is 0.417. The number of pyridine rings is 1. The van der Waals surface area contributed by atoms with Gasteiger partial charge in [0.25, 0.3) is 0 Å². The van der Waals surface area contributed by atoms with Crippen LogP contribution in [-0.2, 0) is 6.54 Å². The average molecular weight is 204 g/mol. The van der Waals surface area contributed by atoms with Crippen molar-refractivity contribution in [2.75, 3.05) is 6.61 Å². The number of hydrogen-bond acceptors (Lipinski definition) is 3. The summed E-state index contributed by atoms with van der Waals surface area (Å²) in [5, 5.41) is 3.46. The molecule has 1 aliphatic rings. The Hall–Kier alpha value is -1.35. The summed E-state index contributed by atoms with van der Waals surface area (Å²) in [5.74, 6) is 0.852. The van der Waals surface area contributed by atoms with E-state index in [4.69, 9.17) is 4.74 Å². The summed E-state index contributed by atoms with van der Waals surface area (Å²) in [4.78, 5) is 4.05. The molecule has 0 saturated heterocycles. The first-order valence-corrected chi connectivity index (χ1v) is 5.30. The van der Waals surface area contributed by atoms with Crippen LogP contribution in [0.5, 0.6) is 5.75 Å². The van der Waals surface area contributed by atoms with Crippen molar-refractivity contribution in [2.45, 2.75) is 25.4 Å². The van der Waals surface area contributed by atoms with E-state index >= 15 is 0 Å². The molecule has 0 radical (unpaired) electrons. The summed E-state index contributed by atoms with van der Waals surface area (Å²) in [5.41, 5.74) is 1.17. The molecule has 80 valence electrons. The molecule has 0 amide bonds. The standard InChI is InChI=1S/C12H16N2O/c1-2-7-15-12-9-13-6-5-10(12)8-14-11-3-4-11/h2,5-6,9,11,14H,1,3-4,7-8H2. The second-order valence-corrected chi connectivity index (χ2v) is 3.74. The first-order chi connectivity index (χ1) is 7.40. The largest absolute Gasteiger partial charge is 0.488 e. The monoisotopic (exact) mass is 204 g/mol. The Morgan fingerprint density at radius 2 is 2.47 bits per heavy atom. The van der Waals surface area contributed by atoms with Crippen molar-refractivity contribution in [1.29, 1.82) is 0 Å². The molecule has 0 aromatic carbocycles. The van der Waals surface area contributed by atoms with E-state index in [1.807, 2.05) is 6.07 Å². The number of ether oxygens (including phenoxy) is 1. The molecule has 1 aliphatic carbocycles. The summed E-state index contributed by atoms with van der Waals surface area (Å²) in [6, 6.07) is 2.71. The Bertz CT molecular complexity index is 334. The van der Waals surface area contributed by atoms with Gasteiger partial charge in [0.2, 0.25) is 0 Å². The van der Waals surface area contributed by atoms with E-state index in [-0.39, 0.29) is 0 Å². The Morgan fingerprint density at radius 3 is 3.20 bits per heavy atom. The van der Waals surface area contributed by atoms with Gasteiger partial charge in [-0.05, 0) is 18.9 Å². The summed E-state index contributed by atoms with van der Waals surface area (Å²) in [7, 11) is 0. The highest BCUT2D eigenvalue weighted by molar-refractivity contribution is 5.29. The number of nitrogens with one attached hydrogen (secondary N) is 1. The highest BCUT2D eigenvalue weighted by Gasteiger charge is 2.20. The van der Waals surface area contributed by atoms with E-state index < -0.39 is 0 Å². The maximum Gasteiger partial charge on any atom is 0.142 e. The molecule has 15 heavy (non-hydrogen) atoms. The molecule has 0 unspecified atom stereocenters. The lowest BCUT2D eigenvalue weighted by Gasteiger charge is -2.09. The van der Waals surface area contributed by atoms with Gasteiger partial charge in [-0.1, -0.05) is 12.7 Å². The Morgan fingerprint density at radius 1 is 1.60 bits per heavy atom. The van der Waals surface area contributed by atoms with Gasteiger partial charge >= 0.3 is 0 Å². The van der Waals surface area contributed by atoms with Gasteiger partial charge < -0.3 is 10.1 Å². The van der Waals surface area contributed by atoms with Crippen molar-refractivity contribution >= 4 is 0 Å². The molecule has 1 aromatic heterocycles. The summed E-state index contributed by atoms with van der Waals surface area (Å²) < 4.78 is 5.52. The van der Waals surface area contributed by atoms with Crippen LogP contribution in [0.2, 0.25) is 0 Å². The van der Waals surface area contributed by atoms with Gasteiger partial charge in [-0.3, -0.25) is 4.98 Å². The third-order valence-electron chi connectivity index (χ3n) is 2.39. The predicted octanol–water partition coefficient (Wildman–Crippen LogP) is 1.90. The average Bonchev–Trinajstić information content (AvgIpc) is 3.08. The zero-order valence-electron chi connectivity index (χ0n) is 8.78. The van der Waals surface area contributed by atoms with E-state index in [1.165, 1.54) is 18.4 Å². The predicted molar refractivity (Wildman–Crippen MR) is 59.8 cm³/mol. The van der Waals surface area contributed by atoms with Crippen molar-refractivity contribution in [3.63, 3.8) is 0 Å². The van der Waals surface area contributed by atoms with Gasteiger partial charge in [0.15, 0.2) is 0 Å². The first-order valence-electron chi connectivity index (χ1n) is 5.30. The first kappa shape index (κ1) is 10.2. The zero-order chi connectivity index (χ0) is 10.5. The van der Waals surface area contributed by atoms with Crippen LogP contribution in [0.25, 0.3) is 0 Å². The Labute approximate surface area is 90.2 Å². The highest BCUT2D eigenvalue weighted by Crippen LogP contribution is 2.21. The van der Waals surface area contributed by atoms with Crippen LogP contribution < -0.4 is 10.1 Å². The smallest absolute Gasteiger partial charge is 0.142 e. The maximum absolute atomic E-state index is 5.52. The van der Waals surface area contributed by atoms with Gasteiger partial charge in [-0.2, -0.15) is 0 Å². The van der Waals surface area contributed by atoms with E-state index in [0.29, 0.717) is 12.6 Å². The molecule has 0 spiro atoms. The molecular weight excluding hydrogens is 188 g/mol. The quantitative estimate of drug-likeness (QED) is 0.719. The van der Waals surface area contributed by atoms with Crippen LogP contribution in [0.1, 0.15) is 18.4 Å². The molecule has 0 aliphatic heterocycles. The molecule has 1 fully saturated rings. The van der Waals surface area contributed by atoms with Gasteiger partial charge in [0, 0.05) is 24.3 Å². The van der Waals surface area contributed by atoms with Crippen molar-refractivity contribution in [1.82, 2.24) is 10.3 Å². The van der Waals surface area contributed by atoms with Crippen LogP contribution in [0.4, 0.5) is 0 Å². The third kappa shape index (κ3) is 3.06. The van der Waals surface area contributed by atoms with Crippen molar-refractivity contribution in [3.05, 3.63) is 36.7 Å². The molecule has 1 N–H and O–H groups in total.